The molecule has 1 aromatic heterocycles. The van der Waals surface area contributed by atoms with Crippen molar-refractivity contribution in [2.24, 2.45) is 4.99 Å². The first-order valence-corrected chi connectivity index (χ1v) is 56.4. The SMILES string of the molecule is C.CCCCCCCCN(CCCCCCCC)CCCCCCCC.CCCC[N+](CCCC)(CCCC)CCCC.CS(=O)(=O)NS(=O)(=O)C(F)(F)C(F)(F)C(F)(F)S(=O)(=O)N1CCN(C2CCOC2=O)CC1.O=C([O-])c1ccccc1.c1ccc(-c2nc3ccccc3[nH]2)cc1.c1ccc(C2=NC(c3ccccc3)C(c3ccccc3)N2)cc1.c1ccc([S+](c2ccccc2)c2ccccc2)cc1. The number of ether oxygens (including phenoxy) is 1. The number of carbonyl (C=O) groups is 2. The second-order valence-electron chi connectivity index (χ2n) is 35.8. The number of cyclic esters (lactones) is 1. The molecule has 0 spiro atoms. The van der Waals surface area contributed by atoms with Crippen molar-refractivity contribution in [1.82, 2.24) is 33.5 Å². The number of hydrogen-bond acceptors (Lipinski definition) is 15. The Kier molecular flexibility index (Phi) is 54.7. The molecule has 0 amide bonds. The Labute approximate surface area is 842 Å². The lowest BCUT2D eigenvalue weighted by Gasteiger charge is -2.39. The first kappa shape index (κ1) is 120. The number of hydrogen-bond donors (Lipinski definition) is 3. The van der Waals surface area contributed by atoms with Crippen LogP contribution < -0.4 is 14.6 Å². The van der Waals surface area contributed by atoms with Gasteiger partial charge in [-0.15, -0.1) is 4.13 Å². The van der Waals surface area contributed by atoms with E-state index in [0.29, 0.717) is 0 Å². The van der Waals surface area contributed by atoms with Gasteiger partial charge in [-0.2, -0.15) is 30.6 Å². The number of aromatic carboxylic acids is 1. The monoisotopic (exact) mass is 2030 g/mol. The number of nitrogens with zero attached hydrogens (tertiary/aromatic N) is 6. The number of imidazole rings is 1. The Morgan fingerprint density at radius 2 is 0.830 bits per heavy atom. The van der Waals surface area contributed by atoms with Crippen molar-refractivity contribution in [2.75, 3.05) is 84.9 Å². The molecule has 3 N–H and O–H groups in total. The molecule has 2 fully saturated rings. The molecule has 0 saturated carbocycles. The van der Waals surface area contributed by atoms with Crippen molar-refractivity contribution in [3.05, 3.63) is 289 Å². The summed E-state index contributed by atoms with van der Waals surface area (Å²) in [5.41, 5.74) is 7.06. The molecule has 13 rings (SSSR count). The molecule has 29 heteroatoms. The van der Waals surface area contributed by atoms with Gasteiger partial charge in [0.05, 0.1) is 73.0 Å². The number of H-pyrrole nitrogens is 1. The Hall–Kier alpha value is -9.56. The molecule has 3 unspecified atom stereocenters. The molecule has 3 aliphatic rings. The van der Waals surface area contributed by atoms with Crippen molar-refractivity contribution in [2.45, 2.75) is 278 Å². The number of alkyl halides is 6. The van der Waals surface area contributed by atoms with Gasteiger partial charge in [-0.05, 0) is 130 Å². The summed E-state index contributed by atoms with van der Waals surface area (Å²) in [4.78, 5) is 42.7. The predicted molar refractivity (Wildman–Crippen MR) is 564 cm³/mol. The summed E-state index contributed by atoms with van der Waals surface area (Å²) in [5.74, 6) is -6.98. The number of carbonyl (C=O) groups excluding carboxylic acids is 2. The lowest BCUT2D eigenvalue weighted by atomic mass is 9.95. The number of aromatic amines is 1. The van der Waals surface area contributed by atoms with Crippen LogP contribution in [0.4, 0.5) is 26.3 Å². The number of piperazine rings is 1. The summed E-state index contributed by atoms with van der Waals surface area (Å²) < 4.78 is 159. The van der Waals surface area contributed by atoms with E-state index < -0.39 is 90.7 Å². The van der Waals surface area contributed by atoms with Gasteiger partial charge < -0.3 is 34.3 Å². The lowest BCUT2D eigenvalue weighted by molar-refractivity contribution is -0.929. The van der Waals surface area contributed by atoms with Crippen LogP contribution >= 0.6 is 0 Å². The molecule has 3 aliphatic heterocycles. The molecule has 141 heavy (non-hydrogen) atoms. The number of carboxylic acid groups (broad SMARTS) is 1. The van der Waals surface area contributed by atoms with Gasteiger partial charge in [-0.1, -0.05) is 396 Å². The Balaban J connectivity index is 0.000000257. The summed E-state index contributed by atoms with van der Waals surface area (Å²) in [7, 11) is -18.8. The van der Waals surface area contributed by atoms with Crippen molar-refractivity contribution in [1.29, 1.82) is 0 Å². The average Bonchev–Trinajstić information content (AvgIpc) is 0.944. The van der Waals surface area contributed by atoms with Crippen LogP contribution in [-0.2, 0) is 50.5 Å². The molecule has 0 bridgehead atoms. The number of rotatable bonds is 49. The molecule has 774 valence electrons. The highest BCUT2D eigenvalue weighted by Gasteiger charge is 2.83. The zero-order valence-corrected chi connectivity index (χ0v) is 86.6. The normalized spacial score (nSPS) is 15.2. The van der Waals surface area contributed by atoms with Crippen LogP contribution in [0.3, 0.4) is 0 Å². The fourth-order valence-corrected chi connectivity index (χ4v) is 22.8. The zero-order chi connectivity index (χ0) is 102. The summed E-state index contributed by atoms with van der Waals surface area (Å²) in [6.07, 6.45) is 36.9. The van der Waals surface area contributed by atoms with Gasteiger partial charge in [0.1, 0.15) is 23.7 Å². The maximum Gasteiger partial charge on any atom is 0.429 e. The fraction of sp³-hybridized carbons (Fsp3) is 0.482. The van der Waals surface area contributed by atoms with E-state index in [4.69, 9.17) is 9.73 Å². The number of aromatic nitrogens is 2. The van der Waals surface area contributed by atoms with Crippen LogP contribution in [0.25, 0.3) is 22.4 Å². The first-order valence-electron chi connectivity index (χ1n) is 50.4. The quantitative estimate of drug-likeness (QED) is 0.0106. The van der Waals surface area contributed by atoms with E-state index in [0.717, 1.165) is 33.8 Å². The number of carboxylic acids is 1. The van der Waals surface area contributed by atoms with E-state index in [2.05, 4.69) is 239 Å². The van der Waals surface area contributed by atoms with Crippen LogP contribution in [0.1, 0.15) is 268 Å². The number of halogens is 6. The molecule has 2 saturated heterocycles. The zero-order valence-electron chi connectivity index (χ0n) is 83.4. The van der Waals surface area contributed by atoms with Crippen molar-refractivity contribution >= 4 is 69.8 Å². The van der Waals surface area contributed by atoms with Gasteiger partial charge in [0.25, 0.3) is 20.0 Å². The van der Waals surface area contributed by atoms with Crippen molar-refractivity contribution < 1.29 is 75.5 Å². The molecule has 0 radical (unpaired) electrons. The van der Waals surface area contributed by atoms with E-state index in [1.807, 2.05) is 66.7 Å². The van der Waals surface area contributed by atoms with E-state index in [-0.39, 0.29) is 63.7 Å². The van der Waals surface area contributed by atoms with Gasteiger partial charge in [-0.3, -0.25) is 14.7 Å². The average molecular weight is 2030 g/mol. The molecule has 19 nitrogen and oxygen atoms in total. The number of esters is 1. The third-order valence-corrected chi connectivity index (χ3v) is 31.8. The number of unbranched alkanes of at least 4 members (excludes halogenated alkanes) is 19. The summed E-state index contributed by atoms with van der Waals surface area (Å²) >= 11 is 0. The number of quaternary nitrogens is 1. The number of benzene rings is 9. The Morgan fingerprint density at radius 1 is 0.468 bits per heavy atom. The third-order valence-electron chi connectivity index (χ3n) is 24.6. The summed E-state index contributed by atoms with van der Waals surface area (Å²) in [6, 6.07) is 89.2. The van der Waals surface area contributed by atoms with E-state index >= 15 is 0 Å². The van der Waals surface area contributed by atoms with Crippen LogP contribution in [0.15, 0.2) is 287 Å². The smallest absolute Gasteiger partial charge is 0.429 e. The Morgan fingerprint density at radius 3 is 1.21 bits per heavy atom. The van der Waals surface area contributed by atoms with Crippen LogP contribution in [0.2, 0.25) is 0 Å². The van der Waals surface area contributed by atoms with E-state index in [9.17, 15) is 66.3 Å². The number of para-hydroxylation sites is 2. The highest BCUT2D eigenvalue weighted by Crippen LogP contribution is 2.52. The molecule has 10 aromatic rings. The minimum atomic E-state index is -7.08. The summed E-state index contributed by atoms with van der Waals surface area (Å²) in [5, 5.41) is 0.197. The number of aliphatic imine (C=N–C) groups is 1. The second-order valence-corrected chi connectivity index (χ2v) is 43.5. The molecular weight excluding hydrogens is 1870 g/mol. The maximum atomic E-state index is 14.3. The first-order chi connectivity index (χ1) is 67.4. The van der Waals surface area contributed by atoms with Crippen LogP contribution in [0, 0.1) is 0 Å². The predicted octanol–water partition coefficient (Wildman–Crippen LogP) is 25.5. The van der Waals surface area contributed by atoms with Gasteiger partial charge in [0, 0.05) is 43.7 Å². The maximum absolute atomic E-state index is 14.3. The van der Waals surface area contributed by atoms with E-state index in [1.165, 1.54) is 260 Å². The Bertz CT molecular complexity index is 5260. The number of sulfonamides is 3. The fourth-order valence-electron chi connectivity index (χ4n) is 16.7. The van der Waals surface area contributed by atoms with Gasteiger partial charge in [0.15, 0.2) is 14.7 Å². The molecule has 0 aliphatic carbocycles. The molecular formula is C112H156F6N9O10S4+. The number of amidine groups is 1. The standard InChI is InChI=1S/C24H51N.C21H18N2.C18H15S.C16H36N.C13H10N2.C12H17F6N3O8S3.C7H6O2.CH4/c1-4-7-10-13-16-19-22-25(23-20-17-14-11-8-5-2)24-21-18-15-12-9-6-3;1-4-10-16(11-5-1)19-20(17-12-6-2-7-13-17)23-21(22-19)18-14-8-3-9-15-18;1-4-10-16(11-5-1)19(17-12-6-2-7-13-17)18-14-8-3-9-15-18;1-5-9-13-17(14-10-6-2,15-11-7-3)16-12-8-4;1-2-6-10(7-3-1)13-14-11-8-4-5-9-12(11)15-13;1-30(23,24)19-31(25,26)11(15,16)10(13,14)12(17,18)32(27,28)21-5-3-20(4-6-21)8-2-7-29-9(8)22;8-7(9)6-4-2-1-3-5-6;/h4-24H2,1-3H3;1-15,19-20H,(H,22,23);1-15H;5-16H2,1-4H3;1-9H,(H,14,15);8,19H,2-7H2,1H3;1-5H,(H,8,9);1H4/q;;2*+1;;;;/p-1. The number of nitrogens with one attached hydrogen (secondary N) is 3. The van der Waals surface area contributed by atoms with Crippen LogP contribution in [0.5, 0.6) is 0 Å². The molecule has 9 aromatic carbocycles. The third kappa shape index (κ3) is 39.5. The topological polar surface area (TPSA) is 244 Å². The minimum absolute atomic E-state index is 0. The molecule has 3 atom stereocenters. The second kappa shape index (κ2) is 64.2. The van der Waals surface area contributed by atoms with Gasteiger partial charge in [-0.25, -0.2) is 30.2 Å². The summed E-state index contributed by atoms with van der Waals surface area (Å²) in [6.45, 7) is 23.4. The molecule has 4 heterocycles. The highest BCUT2D eigenvalue weighted by molar-refractivity contribution is 8.05. The van der Waals surface area contributed by atoms with Crippen molar-refractivity contribution in [3.63, 3.8) is 0 Å². The van der Waals surface area contributed by atoms with Gasteiger partial charge in [0.2, 0.25) is 10.0 Å². The van der Waals surface area contributed by atoms with Crippen LogP contribution in [-0.4, -0.2) is 179 Å². The highest BCUT2D eigenvalue weighted by atomic mass is 32.3. The van der Waals surface area contributed by atoms with Crippen molar-refractivity contribution in [3.8, 4) is 11.4 Å². The lowest BCUT2D eigenvalue weighted by Crippen LogP contribution is -2.66. The van der Waals surface area contributed by atoms with Gasteiger partial charge >= 0.3 is 22.4 Å². The largest absolute Gasteiger partial charge is 0.545 e. The number of fused-ring (bicyclic) bond motifs is 1. The van der Waals surface area contributed by atoms with E-state index in [1.54, 1.807) is 18.2 Å². The minimum Gasteiger partial charge on any atom is -0.545 e.